The van der Waals surface area contributed by atoms with Gasteiger partial charge in [-0.05, 0) is 54.7 Å². The summed E-state index contributed by atoms with van der Waals surface area (Å²) in [6.45, 7) is 0.248. The van der Waals surface area contributed by atoms with E-state index in [2.05, 4.69) is 5.32 Å². The first-order valence-electron chi connectivity index (χ1n) is 11.5. The summed E-state index contributed by atoms with van der Waals surface area (Å²) in [6.07, 6.45) is 5.52. The molecule has 3 rings (SSSR count). The lowest BCUT2D eigenvalue weighted by Crippen LogP contribution is -2.48. The van der Waals surface area contributed by atoms with E-state index in [1.807, 2.05) is 24.3 Å². The standard InChI is InChI=1S/C25H30ClN3O5/c1-34-22-9-5-6-18(16-22)14-15-28(23(30)17-26)24(19-10-12-21(13-11-19)29(32)33)25(31)27-20-7-3-2-4-8-20/h5-6,9-13,16,20,24H,2-4,7-8,14-15,17H2,1H3,(H,27,31). The van der Waals surface area contributed by atoms with Gasteiger partial charge in [-0.1, -0.05) is 31.4 Å². The molecule has 1 saturated carbocycles. The van der Waals surface area contributed by atoms with E-state index in [4.69, 9.17) is 16.3 Å². The predicted octanol–water partition coefficient (Wildman–Crippen LogP) is 4.40. The number of nitro benzene ring substituents is 1. The minimum Gasteiger partial charge on any atom is -0.497 e. The van der Waals surface area contributed by atoms with Gasteiger partial charge in [0.15, 0.2) is 0 Å². The summed E-state index contributed by atoms with van der Waals surface area (Å²) in [5.41, 5.74) is 1.37. The maximum Gasteiger partial charge on any atom is 0.269 e. The third-order valence-electron chi connectivity index (χ3n) is 6.14. The molecule has 2 amide bonds. The fraction of sp³-hybridized carbons (Fsp3) is 0.440. The molecule has 0 spiro atoms. The number of alkyl halides is 1. The number of carbonyl (C=O) groups is 2. The lowest BCUT2D eigenvalue weighted by Gasteiger charge is -2.33. The van der Waals surface area contributed by atoms with Crippen molar-refractivity contribution in [3.05, 3.63) is 69.8 Å². The van der Waals surface area contributed by atoms with E-state index in [1.54, 1.807) is 7.11 Å². The highest BCUT2D eigenvalue weighted by atomic mass is 35.5. The molecule has 0 bridgehead atoms. The first-order chi connectivity index (χ1) is 16.4. The van der Waals surface area contributed by atoms with Gasteiger partial charge in [-0.3, -0.25) is 19.7 Å². The highest BCUT2D eigenvalue weighted by Gasteiger charge is 2.32. The summed E-state index contributed by atoms with van der Waals surface area (Å²) < 4.78 is 5.28. The van der Waals surface area contributed by atoms with E-state index in [0.717, 1.165) is 37.7 Å². The molecule has 0 radical (unpaired) electrons. The smallest absolute Gasteiger partial charge is 0.269 e. The van der Waals surface area contributed by atoms with Gasteiger partial charge in [-0.15, -0.1) is 11.6 Å². The number of amides is 2. The van der Waals surface area contributed by atoms with Gasteiger partial charge in [0.05, 0.1) is 12.0 Å². The SMILES string of the molecule is COc1cccc(CCN(C(=O)CCl)C(C(=O)NC2CCCCC2)c2ccc([N+](=O)[O-])cc2)c1. The summed E-state index contributed by atoms with van der Waals surface area (Å²) in [4.78, 5) is 38.5. The quantitative estimate of drug-likeness (QED) is 0.304. The van der Waals surface area contributed by atoms with Crippen LogP contribution in [0.4, 0.5) is 5.69 Å². The van der Waals surface area contributed by atoms with Crippen molar-refractivity contribution >= 4 is 29.1 Å². The maximum absolute atomic E-state index is 13.5. The lowest BCUT2D eigenvalue weighted by atomic mass is 9.94. The Labute approximate surface area is 204 Å². The number of benzene rings is 2. The van der Waals surface area contributed by atoms with Crippen LogP contribution < -0.4 is 10.1 Å². The second-order valence-corrected chi connectivity index (χ2v) is 8.68. The topological polar surface area (TPSA) is 102 Å². The van der Waals surface area contributed by atoms with Gasteiger partial charge in [-0.2, -0.15) is 0 Å². The van der Waals surface area contributed by atoms with Crippen molar-refractivity contribution in [2.24, 2.45) is 0 Å². The Bertz CT molecular complexity index is 992. The summed E-state index contributed by atoms with van der Waals surface area (Å²) in [6, 6.07) is 12.4. The maximum atomic E-state index is 13.5. The molecule has 9 heteroatoms. The summed E-state index contributed by atoms with van der Waals surface area (Å²) in [5.74, 6) is -0.260. The molecule has 1 aliphatic rings. The van der Waals surface area contributed by atoms with Gasteiger partial charge >= 0.3 is 0 Å². The van der Waals surface area contributed by atoms with Crippen molar-refractivity contribution in [1.29, 1.82) is 0 Å². The number of non-ortho nitro benzene ring substituents is 1. The molecule has 0 saturated heterocycles. The molecule has 0 heterocycles. The molecule has 0 aromatic heterocycles. The third kappa shape index (κ3) is 6.70. The van der Waals surface area contributed by atoms with Gasteiger partial charge in [0.1, 0.15) is 17.7 Å². The van der Waals surface area contributed by atoms with E-state index >= 15 is 0 Å². The zero-order valence-electron chi connectivity index (χ0n) is 19.2. The summed E-state index contributed by atoms with van der Waals surface area (Å²) >= 11 is 5.94. The van der Waals surface area contributed by atoms with Crippen LogP contribution in [0.15, 0.2) is 48.5 Å². The highest BCUT2D eigenvalue weighted by molar-refractivity contribution is 6.27. The molecule has 8 nitrogen and oxygen atoms in total. The van der Waals surface area contributed by atoms with Crippen LogP contribution in [0.1, 0.15) is 49.3 Å². The number of halogens is 1. The normalized spacial score (nSPS) is 14.8. The Morgan fingerprint density at radius 3 is 2.50 bits per heavy atom. The highest BCUT2D eigenvalue weighted by Crippen LogP contribution is 2.27. The molecule has 1 aliphatic carbocycles. The van der Waals surface area contributed by atoms with Crippen LogP contribution >= 0.6 is 11.6 Å². The summed E-state index contributed by atoms with van der Waals surface area (Å²) in [7, 11) is 1.59. The molecule has 34 heavy (non-hydrogen) atoms. The number of carbonyl (C=O) groups excluding carboxylic acids is 2. The average Bonchev–Trinajstić information content (AvgIpc) is 2.86. The molecule has 2 aromatic carbocycles. The van der Waals surface area contributed by atoms with Crippen molar-refractivity contribution in [1.82, 2.24) is 10.2 Å². The largest absolute Gasteiger partial charge is 0.497 e. The first-order valence-corrected chi connectivity index (χ1v) is 12.0. The van der Waals surface area contributed by atoms with Crippen LogP contribution in [-0.2, 0) is 16.0 Å². The fourth-order valence-corrected chi connectivity index (χ4v) is 4.48. The Balaban J connectivity index is 1.90. The van der Waals surface area contributed by atoms with Crippen molar-refractivity contribution < 1.29 is 19.2 Å². The minimum atomic E-state index is -0.945. The van der Waals surface area contributed by atoms with Crippen LogP contribution in [-0.4, -0.2) is 47.2 Å². The Morgan fingerprint density at radius 1 is 1.18 bits per heavy atom. The Morgan fingerprint density at radius 2 is 1.88 bits per heavy atom. The molecule has 1 unspecified atom stereocenters. The molecule has 1 fully saturated rings. The average molecular weight is 488 g/mol. The third-order valence-corrected chi connectivity index (χ3v) is 6.37. The Hall–Kier alpha value is -3.13. The predicted molar refractivity (Wildman–Crippen MR) is 130 cm³/mol. The lowest BCUT2D eigenvalue weighted by molar-refractivity contribution is -0.384. The summed E-state index contributed by atoms with van der Waals surface area (Å²) in [5, 5.41) is 14.2. The van der Waals surface area contributed by atoms with Crippen LogP contribution in [0.5, 0.6) is 5.75 Å². The minimum absolute atomic E-state index is 0.0492. The van der Waals surface area contributed by atoms with E-state index in [1.165, 1.54) is 29.2 Å². The monoisotopic (exact) mass is 487 g/mol. The number of hydrogen-bond donors (Lipinski definition) is 1. The first kappa shape index (κ1) is 25.5. The second kappa shape index (κ2) is 12.4. The second-order valence-electron chi connectivity index (χ2n) is 8.42. The van der Waals surface area contributed by atoms with E-state index < -0.39 is 11.0 Å². The van der Waals surface area contributed by atoms with E-state index in [-0.39, 0.29) is 36.0 Å². The van der Waals surface area contributed by atoms with E-state index in [0.29, 0.717) is 17.7 Å². The van der Waals surface area contributed by atoms with Crippen molar-refractivity contribution in [2.45, 2.75) is 50.6 Å². The fourth-order valence-electron chi connectivity index (χ4n) is 4.33. The molecular formula is C25H30ClN3O5. The number of nitrogens with zero attached hydrogens (tertiary/aromatic N) is 2. The van der Waals surface area contributed by atoms with Gasteiger partial charge < -0.3 is 15.0 Å². The van der Waals surface area contributed by atoms with Crippen molar-refractivity contribution in [3.63, 3.8) is 0 Å². The molecule has 2 aromatic rings. The number of hydrogen-bond acceptors (Lipinski definition) is 5. The van der Waals surface area contributed by atoms with Crippen LogP contribution in [0.3, 0.4) is 0 Å². The van der Waals surface area contributed by atoms with Crippen LogP contribution in [0.2, 0.25) is 0 Å². The zero-order chi connectivity index (χ0) is 24.5. The van der Waals surface area contributed by atoms with Crippen molar-refractivity contribution in [2.75, 3.05) is 19.5 Å². The molecule has 182 valence electrons. The van der Waals surface area contributed by atoms with E-state index in [9.17, 15) is 19.7 Å². The number of rotatable bonds is 10. The van der Waals surface area contributed by atoms with Gasteiger partial charge in [-0.25, -0.2) is 0 Å². The number of nitrogens with one attached hydrogen (secondary N) is 1. The number of nitro groups is 1. The van der Waals surface area contributed by atoms with Gasteiger partial charge in [0.25, 0.3) is 5.69 Å². The molecule has 0 aliphatic heterocycles. The number of methoxy groups -OCH3 is 1. The van der Waals surface area contributed by atoms with Gasteiger partial charge in [0, 0.05) is 24.7 Å². The van der Waals surface area contributed by atoms with Crippen LogP contribution in [0, 0.1) is 10.1 Å². The van der Waals surface area contributed by atoms with Crippen molar-refractivity contribution in [3.8, 4) is 5.75 Å². The van der Waals surface area contributed by atoms with Crippen LogP contribution in [0.25, 0.3) is 0 Å². The molecule has 1 atom stereocenters. The zero-order valence-corrected chi connectivity index (χ0v) is 20.0. The molecule has 1 N–H and O–H groups in total. The molecular weight excluding hydrogens is 458 g/mol. The Kier molecular flexibility index (Phi) is 9.27. The number of ether oxygens (including phenoxy) is 1. The van der Waals surface area contributed by atoms with Gasteiger partial charge in [0.2, 0.25) is 11.8 Å².